The number of amides is 1. The minimum absolute atomic E-state index is 0.139. The Bertz CT molecular complexity index is 1370. The molecule has 3 aromatic carbocycles. The summed E-state index contributed by atoms with van der Waals surface area (Å²) in [4.78, 5) is 19.7. The zero-order valence-electron chi connectivity index (χ0n) is 20.1. The number of pyridine rings is 1. The van der Waals surface area contributed by atoms with Crippen LogP contribution in [0.15, 0.2) is 79.0 Å². The van der Waals surface area contributed by atoms with Gasteiger partial charge in [-0.05, 0) is 65.5 Å². The Morgan fingerprint density at radius 2 is 1.89 bits per heavy atom. The number of aliphatic hydroxyl groups is 1. The van der Waals surface area contributed by atoms with E-state index in [1.54, 1.807) is 6.20 Å². The number of fused-ring (bicyclic) bond motifs is 10. The second-order valence-corrected chi connectivity index (χ2v) is 9.23. The maximum atomic E-state index is 13.5. The summed E-state index contributed by atoms with van der Waals surface area (Å²) in [7, 11) is 1.97. The van der Waals surface area contributed by atoms with Crippen molar-refractivity contribution in [2.24, 2.45) is 0 Å². The summed E-state index contributed by atoms with van der Waals surface area (Å²) in [6, 6.07) is 22.8. The predicted molar refractivity (Wildman–Crippen MR) is 143 cm³/mol. The minimum atomic E-state index is -0.714. The Balaban J connectivity index is 1.47. The van der Waals surface area contributed by atoms with E-state index in [4.69, 9.17) is 5.73 Å². The molecule has 2 aliphatic heterocycles. The van der Waals surface area contributed by atoms with Crippen molar-refractivity contribution in [3.05, 3.63) is 95.7 Å². The number of aliphatic hydroxyl groups excluding tert-OH is 1. The van der Waals surface area contributed by atoms with Gasteiger partial charge in [-0.25, -0.2) is 4.98 Å². The SMILES string of the molecule is CN1Cc2ccc(cc2)C(Nc2ccc3c(N)nccc3c2)C(=O)NCc2cccc(c2)NC(O)C1. The molecule has 4 bridgehead atoms. The van der Waals surface area contributed by atoms with E-state index >= 15 is 0 Å². The van der Waals surface area contributed by atoms with Gasteiger partial charge in [0.15, 0.2) is 0 Å². The highest BCUT2D eigenvalue weighted by atomic mass is 16.3. The number of nitrogens with one attached hydrogen (secondary N) is 3. The first-order chi connectivity index (χ1) is 17.4. The number of nitrogens with two attached hydrogens (primary N) is 1. The van der Waals surface area contributed by atoms with E-state index in [9.17, 15) is 9.90 Å². The fourth-order valence-electron chi connectivity index (χ4n) is 4.55. The number of likely N-dealkylation sites (N-methyl/N-ethyl adjacent to an activating group) is 1. The Hall–Kier alpha value is -4.14. The van der Waals surface area contributed by atoms with Gasteiger partial charge in [0.05, 0.1) is 0 Å². The standard InChI is InChI=1S/C28H30N6O2/c1-34-16-18-5-7-20(8-6-18)26(33-23-9-10-24-21(14-23)11-12-30-27(24)29)28(36)31-15-19-3-2-4-22(13-19)32-25(35)17-34/h2-14,25-26,32-33,35H,15-17H2,1H3,(H2,29,30)(H,31,36). The number of aromatic nitrogens is 1. The third-order valence-electron chi connectivity index (χ3n) is 6.35. The Morgan fingerprint density at radius 3 is 2.72 bits per heavy atom. The minimum Gasteiger partial charge on any atom is -0.383 e. The number of hydrogen-bond acceptors (Lipinski definition) is 7. The largest absolute Gasteiger partial charge is 0.383 e. The molecule has 1 aromatic heterocycles. The molecule has 2 atom stereocenters. The number of benzene rings is 3. The van der Waals surface area contributed by atoms with Crippen LogP contribution < -0.4 is 21.7 Å². The molecule has 0 fully saturated rings. The van der Waals surface area contributed by atoms with Crippen LogP contribution in [0.1, 0.15) is 22.7 Å². The lowest BCUT2D eigenvalue weighted by molar-refractivity contribution is -0.122. The molecule has 2 unspecified atom stereocenters. The van der Waals surface area contributed by atoms with Crippen LogP contribution in [-0.4, -0.2) is 40.7 Å². The number of hydrogen-bond donors (Lipinski definition) is 5. The van der Waals surface area contributed by atoms with Crippen LogP contribution in [0.3, 0.4) is 0 Å². The number of nitrogens with zero attached hydrogens (tertiary/aromatic N) is 2. The molecule has 0 radical (unpaired) electrons. The highest BCUT2D eigenvalue weighted by molar-refractivity contribution is 5.94. The number of anilines is 3. The Labute approximate surface area is 210 Å². The van der Waals surface area contributed by atoms with E-state index in [0.717, 1.165) is 38.8 Å². The molecule has 2 aliphatic rings. The maximum Gasteiger partial charge on any atom is 0.247 e. The molecule has 36 heavy (non-hydrogen) atoms. The molecule has 1 amide bonds. The molecular formula is C28H30N6O2. The molecule has 6 rings (SSSR count). The smallest absolute Gasteiger partial charge is 0.247 e. The van der Waals surface area contributed by atoms with Gasteiger partial charge in [-0.3, -0.25) is 9.69 Å². The van der Waals surface area contributed by atoms with Crippen LogP contribution in [0.5, 0.6) is 0 Å². The number of nitrogen functional groups attached to an aromatic ring is 1. The maximum absolute atomic E-state index is 13.5. The van der Waals surface area contributed by atoms with Gasteiger partial charge < -0.3 is 26.8 Å². The lowest BCUT2D eigenvalue weighted by Crippen LogP contribution is -2.34. The normalized spacial score (nSPS) is 19.0. The van der Waals surface area contributed by atoms with E-state index in [0.29, 0.717) is 25.5 Å². The van der Waals surface area contributed by atoms with Crippen LogP contribution in [0.4, 0.5) is 17.2 Å². The Morgan fingerprint density at radius 1 is 1.06 bits per heavy atom. The summed E-state index contributed by atoms with van der Waals surface area (Å²) in [5, 5.41) is 21.9. The van der Waals surface area contributed by atoms with Crippen molar-refractivity contribution in [3.63, 3.8) is 0 Å². The first-order valence-electron chi connectivity index (χ1n) is 11.9. The first kappa shape index (κ1) is 23.6. The van der Waals surface area contributed by atoms with Gasteiger partial charge >= 0.3 is 0 Å². The average Bonchev–Trinajstić information content (AvgIpc) is 2.86. The molecule has 184 valence electrons. The van der Waals surface area contributed by atoms with Crippen molar-refractivity contribution in [2.75, 3.05) is 30.0 Å². The molecule has 4 aromatic rings. The third-order valence-corrected chi connectivity index (χ3v) is 6.35. The summed E-state index contributed by atoms with van der Waals surface area (Å²) in [5.41, 5.74) is 10.5. The van der Waals surface area contributed by atoms with Crippen molar-refractivity contribution >= 4 is 33.9 Å². The zero-order chi connectivity index (χ0) is 25.1. The molecule has 0 spiro atoms. The monoisotopic (exact) mass is 482 g/mol. The van der Waals surface area contributed by atoms with Gasteiger partial charge in [0.2, 0.25) is 5.91 Å². The van der Waals surface area contributed by atoms with E-state index in [-0.39, 0.29) is 5.91 Å². The van der Waals surface area contributed by atoms with Crippen molar-refractivity contribution in [1.29, 1.82) is 0 Å². The van der Waals surface area contributed by atoms with Gasteiger partial charge in [0, 0.05) is 42.6 Å². The summed E-state index contributed by atoms with van der Waals surface area (Å²) >= 11 is 0. The molecule has 6 N–H and O–H groups in total. The van der Waals surface area contributed by atoms with Crippen LogP contribution >= 0.6 is 0 Å². The highest BCUT2D eigenvalue weighted by Gasteiger charge is 2.21. The lowest BCUT2D eigenvalue weighted by atomic mass is 10.0. The van der Waals surface area contributed by atoms with Crippen molar-refractivity contribution in [3.8, 4) is 0 Å². The molecule has 0 aliphatic carbocycles. The second-order valence-electron chi connectivity index (χ2n) is 9.23. The van der Waals surface area contributed by atoms with Crippen molar-refractivity contribution in [1.82, 2.24) is 15.2 Å². The van der Waals surface area contributed by atoms with Crippen LogP contribution in [-0.2, 0) is 17.9 Å². The molecule has 8 nitrogen and oxygen atoms in total. The zero-order valence-corrected chi connectivity index (χ0v) is 20.1. The second kappa shape index (κ2) is 10.2. The van der Waals surface area contributed by atoms with Gasteiger partial charge in [-0.15, -0.1) is 0 Å². The topological polar surface area (TPSA) is 116 Å². The molecule has 3 heterocycles. The van der Waals surface area contributed by atoms with Crippen LogP contribution in [0.25, 0.3) is 10.8 Å². The van der Waals surface area contributed by atoms with Crippen molar-refractivity contribution < 1.29 is 9.90 Å². The quantitative estimate of drug-likeness (QED) is 0.297. The fraction of sp³-hybridized carbons (Fsp3) is 0.214. The summed E-state index contributed by atoms with van der Waals surface area (Å²) in [5.74, 6) is 0.339. The predicted octanol–water partition coefficient (Wildman–Crippen LogP) is 3.46. The van der Waals surface area contributed by atoms with Gasteiger partial charge in [0.1, 0.15) is 18.1 Å². The van der Waals surface area contributed by atoms with E-state index < -0.39 is 12.3 Å². The molecule has 0 saturated heterocycles. The van der Waals surface area contributed by atoms with Crippen LogP contribution in [0.2, 0.25) is 0 Å². The highest BCUT2D eigenvalue weighted by Crippen LogP contribution is 2.26. The van der Waals surface area contributed by atoms with E-state index in [1.807, 2.05) is 79.8 Å². The Kier molecular flexibility index (Phi) is 6.71. The van der Waals surface area contributed by atoms with Crippen molar-refractivity contribution in [2.45, 2.75) is 25.4 Å². The van der Waals surface area contributed by atoms with Gasteiger partial charge in [0.25, 0.3) is 0 Å². The molecule has 8 heteroatoms. The first-order valence-corrected chi connectivity index (χ1v) is 11.9. The van der Waals surface area contributed by atoms with Crippen LogP contribution in [0, 0.1) is 0 Å². The summed E-state index contributed by atoms with van der Waals surface area (Å²) < 4.78 is 0. The van der Waals surface area contributed by atoms with E-state index in [1.165, 1.54) is 0 Å². The lowest BCUT2D eigenvalue weighted by Gasteiger charge is -2.24. The summed E-state index contributed by atoms with van der Waals surface area (Å²) in [6.45, 7) is 1.50. The van der Waals surface area contributed by atoms with E-state index in [2.05, 4.69) is 25.8 Å². The summed E-state index contributed by atoms with van der Waals surface area (Å²) in [6.07, 6.45) is 0.965. The number of carbonyl (C=O) groups excluding carboxylic acids is 1. The van der Waals surface area contributed by atoms with Gasteiger partial charge in [-0.1, -0.05) is 36.4 Å². The number of carbonyl (C=O) groups is 1. The average molecular weight is 483 g/mol. The van der Waals surface area contributed by atoms with Gasteiger partial charge in [-0.2, -0.15) is 0 Å². The number of rotatable bonds is 2. The molecular weight excluding hydrogens is 452 g/mol. The fourth-order valence-corrected chi connectivity index (χ4v) is 4.55. The third kappa shape index (κ3) is 5.40. The molecule has 0 saturated carbocycles.